The standard InChI is InChI=1S/C12H14N2O3S/c1-6-12(7(2)17-14-6)10-4-3-9(18-10)8(13)5-11(15)16/h3-4,8H,5,13H2,1-2H3,(H,15,16)/t8-/m0/s1. The molecule has 0 fully saturated rings. The summed E-state index contributed by atoms with van der Waals surface area (Å²) in [6.45, 7) is 3.73. The smallest absolute Gasteiger partial charge is 0.305 e. The molecule has 96 valence electrons. The van der Waals surface area contributed by atoms with E-state index in [1.807, 2.05) is 26.0 Å². The fourth-order valence-electron chi connectivity index (χ4n) is 1.81. The van der Waals surface area contributed by atoms with Crippen molar-refractivity contribution < 1.29 is 14.4 Å². The topological polar surface area (TPSA) is 89.4 Å². The van der Waals surface area contributed by atoms with Crippen molar-refractivity contribution in [2.45, 2.75) is 26.3 Å². The van der Waals surface area contributed by atoms with E-state index in [4.69, 9.17) is 15.4 Å². The average Bonchev–Trinajstić information content (AvgIpc) is 2.85. The highest BCUT2D eigenvalue weighted by Gasteiger charge is 2.17. The van der Waals surface area contributed by atoms with E-state index >= 15 is 0 Å². The molecule has 0 saturated heterocycles. The van der Waals surface area contributed by atoms with E-state index in [1.54, 1.807) is 0 Å². The summed E-state index contributed by atoms with van der Waals surface area (Å²) in [4.78, 5) is 12.5. The van der Waals surface area contributed by atoms with Crippen molar-refractivity contribution in [3.8, 4) is 10.4 Å². The van der Waals surface area contributed by atoms with Gasteiger partial charge in [0.25, 0.3) is 0 Å². The number of aryl methyl sites for hydroxylation is 2. The van der Waals surface area contributed by atoms with Crippen molar-refractivity contribution in [1.29, 1.82) is 0 Å². The molecular weight excluding hydrogens is 252 g/mol. The van der Waals surface area contributed by atoms with Gasteiger partial charge in [-0.1, -0.05) is 5.16 Å². The molecule has 2 aromatic heterocycles. The van der Waals surface area contributed by atoms with E-state index < -0.39 is 12.0 Å². The fraction of sp³-hybridized carbons (Fsp3) is 0.333. The molecule has 0 radical (unpaired) electrons. The van der Waals surface area contributed by atoms with Crippen LogP contribution in [0.15, 0.2) is 16.7 Å². The first kappa shape index (κ1) is 12.8. The lowest BCUT2D eigenvalue weighted by atomic mass is 10.1. The molecular formula is C12H14N2O3S. The first-order valence-corrected chi connectivity index (χ1v) is 6.31. The molecule has 0 spiro atoms. The van der Waals surface area contributed by atoms with E-state index in [0.29, 0.717) is 0 Å². The minimum absolute atomic E-state index is 0.0679. The fourth-order valence-corrected chi connectivity index (χ4v) is 2.96. The Kier molecular flexibility index (Phi) is 3.49. The molecule has 5 nitrogen and oxygen atoms in total. The molecule has 0 aliphatic carbocycles. The van der Waals surface area contributed by atoms with E-state index in [2.05, 4.69) is 5.16 Å². The first-order valence-electron chi connectivity index (χ1n) is 5.49. The number of hydrogen-bond donors (Lipinski definition) is 2. The molecule has 1 atom stereocenters. The van der Waals surface area contributed by atoms with Gasteiger partial charge in [-0.05, 0) is 26.0 Å². The number of thiophene rings is 1. The highest BCUT2D eigenvalue weighted by molar-refractivity contribution is 7.15. The van der Waals surface area contributed by atoms with Gasteiger partial charge in [0, 0.05) is 15.8 Å². The second kappa shape index (κ2) is 4.91. The molecule has 0 unspecified atom stereocenters. The molecule has 0 aromatic carbocycles. The van der Waals surface area contributed by atoms with Gasteiger partial charge in [-0.3, -0.25) is 4.79 Å². The van der Waals surface area contributed by atoms with E-state index in [9.17, 15) is 4.79 Å². The monoisotopic (exact) mass is 266 g/mol. The van der Waals surface area contributed by atoms with Crippen LogP contribution in [0.25, 0.3) is 10.4 Å². The predicted molar refractivity (Wildman–Crippen MR) is 68.5 cm³/mol. The minimum atomic E-state index is -0.894. The largest absolute Gasteiger partial charge is 0.481 e. The number of nitrogens with two attached hydrogens (primary N) is 1. The Balaban J connectivity index is 2.28. The van der Waals surface area contributed by atoms with Gasteiger partial charge < -0.3 is 15.4 Å². The van der Waals surface area contributed by atoms with Crippen molar-refractivity contribution in [1.82, 2.24) is 5.16 Å². The Labute approximate surface area is 108 Å². The molecule has 0 aliphatic rings. The maximum absolute atomic E-state index is 10.6. The van der Waals surface area contributed by atoms with E-state index in [0.717, 1.165) is 26.8 Å². The number of carboxylic acid groups (broad SMARTS) is 1. The second-order valence-electron chi connectivity index (χ2n) is 4.11. The summed E-state index contributed by atoms with van der Waals surface area (Å²) in [7, 11) is 0. The van der Waals surface area contributed by atoms with Crippen LogP contribution in [-0.4, -0.2) is 16.2 Å². The van der Waals surface area contributed by atoms with E-state index in [1.165, 1.54) is 11.3 Å². The summed E-state index contributed by atoms with van der Waals surface area (Å²) < 4.78 is 5.12. The summed E-state index contributed by atoms with van der Waals surface area (Å²) in [6.07, 6.45) is -0.0679. The summed E-state index contributed by atoms with van der Waals surface area (Å²) in [5.74, 6) is -0.137. The van der Waals surface area contributed by atoms with Gasteiger partial charge >= 0.3 is 5.97 Å². The van der Waals surface area contributed by atoms with Gasteiger partial charge in [-0.25, -0.2) is 0 Å². The predicted octanol–water partition coefficient (Wildman–Crippen LogP) is 2.49. The SMILES string of the molecule is Cc1noc(C)c1-c1ccc([C@@H](N)CC(=O)O)s1. The van der Waals surface area contributed by atoms with Crippen LogP contribution in [0.3, 0.4) is 0 Å². The summed E-state index contributed by atoms with van der Waals surface area (Å²) >= 11 is 1.48. The number of rotatable bonds is 4. The zero-order valence-corrected chi connectivity index (χ0v) is 11.0. The van der Waals surface area contributed by atoms with Gasteiger partial charge in [-0.15, -0.1) is 11.3 Å². The highest BCUT2D eigenvalue weighted by Crippen LogP contribution is 2.35. The zero-order chi connectivity index (χ0) is 13.3. The third-order valence-electron chi connectivity index (χ3n) is 2.67. The molecule has 0 aliphatic heterocycles. The minimum Gasteiger partial charge on any atom is -0.481 e. The normalized spacial score (nSPS) is 12.6. The number of carbonyl (C=O) groups is 1. The van der Waals surface area contributed by atoms with Crippen molar-refractivity contribution in [2.75, 3.05) is 0 Å². The molecule has 18 heavy (non-hydrogen) atoms. The van der Waals surface area contributed by atoms with Crippen LogP contribution in [0.1, 0.15) is 28.8 Å². The summed E-state index contributed by atoms with van der Waals surface area (Å²) in [5.41, 5.74) is 7.62. The summed E-state index contributed by atoms with van der Waals surface area (Å²) in [5, 5.41) is 12.6. The highest BCUT2D eigenvalue weighted by atomic mass is 32.1. The average molecular weight is 266 g/mol. The second-order valence-corrected chi connectivity index (χ2v) is 5.22. The number of hydrogen-bond acceptors (Lipinski definition) is 5. The van der Waals surface area contributed by atoms with Crippen LogP contribution in [0.5, 0.6) is 0 Å². The molecule has 3 N–H and O–H groups in total. The van der Waals surface area contributed by atoms with Gasteiger partial charge in [0.05, 0.1) is 17.7 Å². The third kappa shape index (κ3) is 2.44. The lowest BCUT2D eigenvalue weighted by Crippen LogP contribution is -2.13. The van der Waals surface area contributed by atoms with Crippen LogP contribution in [0.2, 0.25) is 0 Å². The van der Waals surface area contributed by atoms with Gasteiger partial charge in [-0.2, -0.15) is 0 Å². The number of carboxylic acids is 1. The molecule has 0 amide bonds. The van der Waals surface area contributed by atoms with Gasteiger partial charge in [0.15, 0.2) is 0 Å². The van der Waals surface area contributed by atoms with Crippen LogP contribution in [-0.2, 0) is 4.79 Å². The van der Waals surface area contributed by atoms with Crippen LogP contribution in [0, 0.1) is 13.8 Å². The van der Waals surface area contributed by atoms with E-state index in [-0.39, 0.29) is 6.42 Å². The lowest BCUT2D eigenvalue weighted by molar-refractivity contribution is -0.137. The van der Waals surface area contributed by atoms with Gasteiger partial charge in [0.2, 0.25) is 0 Å². The Morgan fingerprint density at radius 1 is 1.56 bits per heavy atom. The van der Waals surface area contributed by atoms with Crippen LogP contribution < -0.4 is 5.73 Å². The molecule has 0 bridgehead atoms. The van der Waals surface area contributed by atoms with Crippen molar-refractivity contribution in [3.05, 3.63) is 28.5 Å². The first-order chi connectivity index (χ1) is 8.49. The van der Waals surface area contributed by atoms with Crippen molar-refractivity contribution in [3.63, 3.8) is 0 Å². The number of aromatic nitrogens is 1. The lowest BCUT2D eigenvalue weighted by Gasteiger charge is -2.04. The molecule has 6 heteroatoms. The molecule has 0 saturated carbocycles. The molecule has 2 heterocycles. The Morgan fingerprint density at radius 2 is 2.28 bits per heavy atom. The quantitative estimate of drug-likeness (QED) is 0.887. The maximum atomic E-state index is 10.6. The van der Waals surface area contributed by atoms with Gasteiger partial charge in [0.1, 0.15) is 5.76 Å². The summed E-state index contributed by atoms with van der Waals surface area (Å²) in [6, 6.07) is 3.31. The van der Waals surface area contributed by atoms with Crippen LogP contribution in [0.4, 0.5) is 0 Å². The molecule has 2 rings (SSSR count). The number of aliphatic carboxylic acids is 1. The van der Waals surface area contributed by atoms with Crippen molar-refractivity contribution >= 4 is 17.3 Å². The molecule has 2 aromatic rings. The van der Waals surface area contributed by atoms with Crippen molar-refractivity contribution in [2.24, 2.45) is 5.73 Å². The zero-order valence-electron chi connectivity index (χ0n) is 10.1. The Bertz CT molecular complexity index is 554. The third-order valence-corrected chi connectivity index (χ3v) is 3.90. The van der Waals surface area contributed by atoms with Crippen LogP contribution >= 0.6 is 11.3 Å². The maximum Gasteiger partial charge on any atom is 0.305 e. The number of nitrogens with zero attached hydrogens (tertiary/aromatic N) is 1. The Morgan fingerprint density at radius 3 is 2.83 bits per heavy atom. The Hall–Kier alpha value is -1.66.